The van der Waals surface area contributed by atoms with Crippen LogP contribution in [0, 0.1) is 0 Å². The molecule has 0 aromatic carbocycles. The zero-order chi connectivity index (χ0) is 15.8. The number of fused-ring (bicyclic) bond motifs is 1. The zero-order valence-corrected chi connectivity index (χ0v) is 13.8. The summed E-state index contributed by atoms with van der Waals surface area (Å²) in [5.41, 5.74) is 3.84. The third kappa shape index (κ3) is 4.38. The van der Waals surface area contributed by atoms with Gasteiger partial charge in [0, 0.05) is 36.8 Å². The number of nitrogens with one attached hydrogen (secondary N) is 2. The molecule has 0 spiro atoms. The molecule has 0 aromatic rings. The average Bonchev–Trinajstić information content (AvgIpc) is 2.76. The Hall–Kier alpha value is -1.74. The summed E-state index contributed by atoms with van der Waals surface area (Å²) in [6.07, 6.45) is 14.7. The van der Waals surface area contributed by atoms with E-state index in [4.69, 9.17) is 4.74 Å². The molecule has 2 N–H and O–H groups in total. The van der Waals surface area contributed by atoms with Gasteiger partial charge < -0.3 is 15.4 Å². The maximum atomic E-state index is 5.54. The molecule has 2 rings (SSSR count). The van der Waals surface area contributed by atoms with Crippen molar-refractivity contribution < 1.29 is 4.74 Å². The van der Waals surface area contributed by atoms with Crippen molar-refractivity contribution in [1.29, 1.82) is 0 Å². The van der Waals surface area contributed by atoms with Crippen LogP contribution in [0.4, 0.5) is 0 Å². The number of methoxy groups -OCH3 is 1. The molecule has 0 unspecified atom stereocenters. The highest BCUT2D eigenvalue weighted by Gasteiger charge is 2.22. The van der Waals surface area contributed by atoms with Crippen molar-refractivity contribution in [3.05, 3.63) is 59.6 Å². The van der Waals surface area contributed by atoms with Gasteiger partial charge in [0.15, 0.2) is 0 Å². The van der Waals surface area contributed by atoms with E-state index in [9.17, 15) is 0 Å². The molecule has 0 aromatic heterocycles. The molecule has 0 saturated carbocycles. The minimum Gasteiger partial charge on any atom is -0.501 e. The van der Waals surface area contributed by atoms with Crippen LogP contribution >= 0.6 is 0 Å². The van der Waals surface area contributed by atoms with Crippen LogP contribution in [0.1, 0.15) is 32.6 Å². The lowest BCUT2D eigenvalue weighted by molar-refractivity contribution is 0.270. The molecule has 3 heteroatoms. The molecule has 3 nitrogen and oxygen atoms in total. The van der Waals surface area contributed by atoms with Crippen molar-refractivity contribution in [2.45, 2.75) is 38.6 Å². The van der Waals surface area contributed by atoms with Crippen molar-refractivity contribution in [2.75, 3.05) is 20.2 Å². The Kier molecular flexibility index (Phi) is 6.53. The number of allylic oxidation sites excluding steroid dienone is 7. The predicted molar refractivity (Wildman–Crippen MR) is 93.5 cm³/mol. The first-order valence-electron chi connectivity index (χ1n) is 8.16. The van der Waals surface area contributed by atoms with E-state index >= 15 is 0 Å². The van der Waals surface area contributed by atoms with E-state index in [0.29, 0.717) is 6.04 Å². The highest BCUT2D eigenvalue weighted by molar-refractivity contribution is 5.37. The van der Waals surface area contributed by atoms with Gasteiger partial charge >= 0.3 is 0 Å². The lowest BCUT2D eigenvalue weighted by atomic mass is 10.0. The van der Waals surface area contributed by atoms with E-state index in [1.54, 1.807) is 7.11 Å². The molecule has 1 saturated heterocycles. The fraction of sp³-hybridized carbons (Fsp3) is 0.474. The van der Waals surface area contributed by atoms with E-state index in [2.05, 4.69) is 35.4 Å². The summed E-state index contributed by atoms with van der Waals surface area (Å²) in [4.78, 5) is 0. The Balaban J connectivity index is 1.99. The Morgan fingerprint density at radius 2 is 2.36 bits per heavy atom. The molecule has 0 bridgehead atoms. The molecule has 1 aliphatic carbocycles. The third-order valence-corrected chi connectivity index (χ3v) is 4.23. The van der Waals surface area contributed by atoms with Crippen molar-refractivity contribution >= 4 is 0 Å². The topological polar surface area (TPSA) is 33.3 Å². The summed E-state index contributed by atoms with van der Waals surface area (Å²) >= 11 is 0. The lowest BCUT2D eigenvalue weighted by Gasteiger charge is -2.22. The van der Waals surface area contributed by atoms with Crippen LogP contribution in [0.15, 0.2) is 59.6 Å². The molecule has 1 heterocycles. The van der Waals surface area contributed by atoms with Gasteiger partial charge in [-0.15, -0.1) is 0 Å². The largest absolute Gasteiger partial charge is 0.501 e. The number of hydrogen-bond acceptors (Lipinski definition) is 3. The second kappa shape index (κ2) is 8.64. The number of rotatable bonds is 6. The Morgan fingerprint density at radius 3 is 3.09 bits per heavy atom. The minimum absolute atomic E-state index is 0.439. The van der Waals surface area contributed by atoms with Gasteiger partial charge in [0.1, 0.15) is 5.76 Å². The van der Waals surface area contributed by atoms with Gasteiger partial charge in [0.25, 0.3) is 0 Å². The molecule has 1 aliphatic heterocycles. The van der Waals surface area contributed by atoms with Gasteiger partial charge in [0.05, 0.1) is 7.11 Å². The summed E-state index contributed by atoms with van der Waals surface area (Å²) in [5, 5.41) is 7.24. The quantitative estimate of drug-likeness (QED) is 0.735. The summed E-state index contributed by atoms with van der Waals surface area (Å²) in [5.74, 6) is 1.12. The number of ether oxygens (including phenoxy) is 1. The standard InChI is InChI=1S/C19H28N2O/c1-4-6-8-15(5-2)11-12-16-13-20-14-17-18(21-16)9-7-10-19(17)22-3/h4-6,8-9,16,20-21H,2,7,10-14H2,1,3H3/b6-4-,15-8+/t16-/m0/s1. The zero-order valence-electron chi connectivity index (χ0n) is 13.8. The van der Waals surface area contributed by atoms with Gasteiger partial charge in [-0.3, -0.25) is 0 Å². The molecular formula is C19H28N2O. The summed E-state index contributed by atoms with van der Waals surface area (Å²) in [6, 6.07) is 0.439. The molecular weight excluding hydrogens is 272 g/mol. The van der Waals surface area contributed by atoms with Crippen LogP contribution in [0.2, 0.25) is 0 Å². The first-order valence-corrected chi connectivity index (χ1v) is 8.16. The van der Waals surface area contributed by atoms with Crippen molar-refractivity contribution in [1.82, 2.24) is 10.6 Å². The molecule has 22 heavy (non-hydrogen) atoms. The fourth-order valence-corrected chi connectivity index (χ4v) is 2.97. The monoisotopic (exact) mass is 300 g/mol. The Morgan fingerprint density at radius 1 is 1.50 bits per heavy atom. The van der Waals surface area contributed by atoms with Crippen molar-refractivity contribution in [3.8, 4) is 0 Å². The molecule has 0 radical (unpaired) electrons. The number of hydrogen-bond donors (Lipinski definition) is 2. The predicted octanol–water partition coefficient (Wildman–Crippen LogP) is 3.59. The normalized spacial score (nSPS) is 22.7. The van der Waals surface area contributed by atoms with Crippen LogP contribution in [0.25, 0.3) is 0 Å². The van der Waals surface area contributed by atoms with E-state index in [0.717, 1.165) is 44.5 Å². The van der Waals surface area contributed by atoms with E-state index < -0.39 is 0 Å². The maximum Gasteiger partial charge on any atom is 0.102 e. The van der Waals surface area contributed by atoms with Crippen molar-refractivity contribution in [2.24, 2.45) is 0 Å². The average molecular weight is 300 g/mol. The SMILES string of the molecule is C=C/C(=C\C=C/C)CC[C@H]1CNCC2=C(OC)CCC=C2N1. The second-order valence-electron chi connectivity index (χ2n) is 5.74. The van der Waals surface area contributed by atoms with Gasteiger partial charge in [-0.05, 0) is 31.8 Å². The highest BCUT2D eigenvalue weighted by Crippen LogP contribution is 2.26. The molecule has 120 valence electrons. The molecule has 2 aliphatic rings. The summed E-state index contributed by atoms with van der Waals surface area (Å²) in [7, 11) is 1.77. The summed E-state index contributed by atoms with van der Waals surface area (Å²) < 4.78 is 5.54. The van der Waals surface area contributed by atoms with Gasteiger partial charge in [-0.2, -0.15) is 0 Å². The lowest BCUT2D eigenvalue weighted by Crippen LogP contribution is -2.34. The first kappa shape index (κ1) is 16.6. The first-order chi connectivity index (χ1) is 10.8. The van der Waals surface area contributed by atoms with E-state index in [-0.39, 0.29) is 0 Å². The third-order valence-electron chi connectivity index (χ3n) is 4.23. The Labute approximate surface area is 134 Å². The van der Waals surface area contributed by atoms with E-state index in [1.165, 1.54) is 16.8 Å². The minimum atomic E-state index is 0.439. The smallest absolute Gasteiger partial charge is 0.102 e. The fourth-order valence-electron chi connectivity index (χ4n) is 2.97. The molecule has 0 amide bonds. The van der Waals surface area contributed by atoms with Crippen LogP contribution in [0.3, 0.4) is 0 Å². The van der Waals surface area contributed by atoms with Gasteiger partial charge in [-0.25, -0.2) is 0 Å². The van der Waals surface area contributed by atoms with Crippen LogP contribution in [-0.4, -0.2) is 26.2 Å². The van der Waals surface area contributed by atoms with Crippen molar-refractivity contribution in [3.63, 3.8) is 0 Å². The second-order valence-corrected chi connectivity index (χ2v) is 5.74. The van der Waals surface area contributed by atoms with Crippen LogP contribution in [-0.2, 0) is 4.74 Å². The maximum absolute atomic E-state index is 5.54. The van der Waals surface area contributed by atoms with Crippen LogP contribution in [0.5, 0.6) is 0 Å². The van der Waals surface area contributed by atoms with Crippen LogP contribution < -0.4 is 10.6 Å². The van der Waals surface area contributed by atoms with E-state index in [1.807, 2.05) is 19.1 Å². The van der Waals surface area contributed by atoms with Gasteiger partial charge in [-0.1, -0.05) is 37.0 Å². The van der Waals surface area contributed by atoms with Gasteiger partial charge in [0.2, 0.25) is 0 Å². The summed E-state index contributed by atoms with van der Waals surface area (Å²) in [6.45, 7) is 7.81. The highest BCUT2D eigenvalue weighted by atomic mass is 16.5. The molecule has 1 atom stereocenters. The molecule has 1 fully saturated rings. The Bertz CT molecular complexity index is 512.